The zero-order chi connectivity index (χ0) is 19.8. The topological polar surface area (TPSA) is 143 Å². The quantitative estimate of drug-likeness (QED) is 0.378. The summed E-state index contributed by atoms with van der Waals surface area (Å²) in [7, 11) is 1.48. The number of rotatable bonds is 7. The first-order chi connectivity index (χ1) is 12.9. The second kappa shape index (κ2) is 8.94. The summed E-state index contributed by atoms with van der Waals surface area (Å²) in [5.74, 6) is -1.00. The fourth-order valence-corrected chi connectivity index (χ4v) is 2.01. The van der Waals surface area contributed by atoms with Gasteiger partial charge in [0.15, 0.2) is 5.75 Å². The molecule has 0 saturated heterocycles. The Bertz CT molecular complexity index is 897. The van der Waals surface area contributed by atoms with Gasteiger partial charge in [-0.25, -0.2) is 5.43 Å². The first-order valence-electron chi connectivity index (χ1n) is 7.62. The molecule has 10 nitrogen and oxygen atoms in total. The third-order valence-electron chi connectivity index (χ3n) is 3.34. The minimum Gasteiger partial charge on any atom is -0.502 e. The van der Waals surface area contributed by atoms with Gasteiger partial charge in [0.25, 0.3) is 11.8 Å². The molecule has 2 aromatic rings. The molecule has 0 radical (unpaired) electrons. The highest BCUT2D eigenvalue weighted by Gasteiger charge is 2.13. The van der Waals surface area contributed by atoms with Gasteiger partial charge >= 0.3 is 5.69 Å². The fourth-order valence-electron chi connectivity index (χ4n) is 2.01. The summed E-state index contributed by atoms with van der Waals surface area (Å²) in [4.78, 5) is 33.7. The predicted octanol–water partition coefficient (Wildman–Crippen LogP) is 1.19. The van der Waals surface area contributed by atoms with Crippen molar-refractivity contribution in [1.82, 2.24) is 10.7 Å². The molecule has 2 rings (SSSR count). The van der Waals surface area contributed by atoms with Gasteiger partial charge in [-0.05, 0) is 30.3 Å². The number of methoxy groups -OCH3 is 1. The summed E-state index contributed by atoms with van der Waals surface area (Å²) in [6.07, 6.45) is 1.17. The van der Waals surface area contributed by atoms with Crippen molar-refractivity contribution >= 4 is 23.7 Å². The lowest BCUT2D eigenvalue weighted by atomic mass is 10.2. The Morgan fingerprint density at radius 3 is 2.78 bits per heavy atom. The number of ether oxygens (including phenoxy) is 1. The van der Waals surface area contributed by atoms with E-state index in [1.165, 1.54) is 25.5 Å². The van der Waals surface area contributed by atoms with E-state index in [1.807, 2.05) is 0 Å². The number of nitrogens with one attached hydrogen (secondary N) is 2. The smallest absolute Gasteiger partial charge is 0.311 e. The number of carbonyl (C=O) groups excluding carboxylic acids is 2. The molecule has 10 heteroatoms. The Balaban J connectivity index is 1.87. The maximum atomic E-state index is 12.0. The molecule has 140 valence electrons. The number of amides is 2. The van der Waals surface area contributed by atoms with Crippen LogP contribution in [0.15, 0.2) is 47.6 Å². The zero-order valence-corrected chi connectivity index (χ0v) is 14.2. The summed E-state index contributed by atoms with van der Waals surface area (Å²) in [5.41, 5.74) is 2.35. The molecule has 0 heterocycles. The third kappa shape index (κ3) is 5.53. The van der Waals surface area contributed by atoms with Crippen LogP contribution < -0.4 is 15.5 Å². The lowest BCUT2D eigenvalue weighted by molar-refractivity contribution is -0.385. The number of nitrogens with zero attached hydrogens (tertiary/aromatic N) is 2. The lowest BCUT2D eigenvalue weighted by Crippen LogP contribution is -2.34. The largest absolute Gasteiger partial charge is 0.502 e. The number of hydrogen-bond acceptors (Lipinski definition) is 7. The third-order valence-corrected chi connectivity index (χ3v) is 3.34. The molecule has 0 fully saturated rings. The zero-order valence-electron chi connectivity index (χ0n) is 14.2. The van der Waals surface area contributed by atoms with Crippen molar-refractivity contribution in [3.05, 3.63) is 63.7 Å². The van der Waals surface area contributed by atoms with Crippen LogP contribution in [-0.2, 0) is 4.79 Å². The number of benzene rings is 2. The molecule has 3 N–H and O–H groups in total. The molecule has 0 spiro atoms. The molecular weight excluding hydrogens is 356 g/mol. The van der Waals surface area contributed by atoms with Gasteiger partial charge < -0.3 is 15.2 Å². The van der Waals surface area contributed by atoms with Crippen LogP contribution in [-0.4, -0.2) is 41.7 Å². The highest BCUT2D eigenvalue weighted by Crippen LogP contribution is 2.25. The van der Waals surface area contributed by atoms with E-state index in [9.17, 15) is 24.8 Å². The van der Waals surface area contributed by atoms with Gasteiger partial charge in [0.2, 0.25) is 0 Å². The average molecular weight is 372 g/mol. The minimum absolute atomic E-state index is 0.306. The minimum atomic E-state index is -0.737. The van der Waals surface area contributed by atoms with E-state index < -0.39 is 28.2 Å². The first-order valence-corrected chi connectivity index (χ1v) is 7.62. The van der Waals surface area contributed by atoms with Crippen LogP contribution in [0.1, 0.15) is 15.9 Å². The number of phenolic OH excluding ortho intramolecular Hbond substituents is 1. The van der Waals surface area contributed by atoms with Crippen LogP contribution in [0.5, 0.6) is 11.5 Å². The lowest BCUT2D eigenvalue weighted by Gasteiger charge is -2.06. The van der Waals surface area contributed by atoms with Gasteiger partial charge in [-0.2, -0.15) is 5.10 Å². The summed E-state index contributed by atoms with van der Waals surface area (Å²) in [6.45, 7) is -0.316. The molecule has 2 amide bonds. The Kier molecular flexibility index (Phi) is 6.42. The van der Waals surface area contributed by atoms with Gasteiger partial charge in [0.1, 0.15) is 5.75 Å². The van der Waals surface area contributed by atoms with Crippen LogP contribution >= 0.6 is 0 Å². The van der Waals surface area contributed by atoms with Crippen molar-refractivity contribution in [1.29, 1.82) is 0 Å². The summed E-state index contributed by atoms with van der Waals surface area (Å²) >= 11 is 0. The standard InChI is InChI=1S/C17H16N4O6/c1-27-13-4-2-3-12(8-13)17(24)18-10-16(23)20-19-9-11-5-6-15(22)14(7-11)21(25)26/h2-9,22H,10H2,1H3,(H,18,24)(H,20,23)/b19-9-. The van der Waals surface area contributed by atoms with Crippen molar-refractivity contribution in [2.24, 2.45) is 5.10 Å². The number of nitro groups is 1. The maximum absolute atomic E-state index is 12.0. The van der Waals surface area contributed by atoms with Crippen molar-refractivity contribution in [2.75, 3.05) is 13.7 Å². The molecule has 0 aromatic heterocycles. The van der Waals surface area contributed by atoms with E-state index in [2.05, 4.69) is 15.8 Å². The molecule has 0 bridgehead atoms. The van der Waals surface area contributed by atoms with Crippen LogP contribution in [0.4, 0.5) is 5.69 Å². The Hall–Kier alpha value is -3.95. The van der Waals surface area contributed by atoms with Crippen LogP contribution in [0.3, 0.4) is 0 Å². The summed E-state index contributed by atoms with van der Waals surface area (Å²) in [5, 5.41) is 26.2. The molecule has 0 aliphatic heterocycles. The van der Waals surface area contributed by atoms with Gasteiger partial charge in [-0.1, -0.05) is 6.07 Å². The highest BCUT2D eigenvalue weighted by atomic mass is 16.6. The number of aromatic hydroxyl groups is 1. The molecule has 0 aliphatic carbocycles. The van der Waals surface area contributed by atoms with Gasteiger partial charge in [0, 0.05) is 17.2 Å². The SMILES string of the molecule is COc1cccc(C(=O)NCC(=O)N/N=C\c2ccc(O)c([N+](=O)[O-])c2)c1. The number of carbonyl (C=O) groups is 2. The molecular formula is C17H16N4O6. The van der Waals surface area contributed by atoms with Gasteiger partial charge in [0.05, 0.1) is 24.8 Å². The fraction of sp³-hybridized carbons (Fsp3) is 0.118. The van der Waals surface area contributed by atoms with Gasteiger partial charge in [-0.15, -0.1) is 0 Å². The van der Waals surface area contributed by atoms with Crippen molar-refractivity contribution < 1.29 is 24.4 Å². The Labute approximate surface area is 153 Å². The second-order valence-corrected chi connectivity index (χ2v) is 5.21. The highest BCUT2D eigenvalue weighted by molar-refractivity contribution is 5.96. The van der Waals surface area contributed by atoms with E-state index >= 15 is 0 Å². The van der Waals surface area contributed by atoms with Crippen molar-refractivity contribution in [3.8, 4) is 11.5 Å². The molecule has 0 atom stereocenters. The number of nitro benzene ring substituents is 1. The van der Waals surface area contributed by atoms with E-state index in [0.717, 1.165) is 12.1 Å². The van der Waals surface area contributed by atoms with Crippen molar-refractivity contribution in [3.63, 3.8) is 0 Å². The van der Waals surface area contributed by atoms with E-state index in [4.69, 9.17) is 4.74 Å². The first kappa shape index (κ1) is 19.4. The van der Waals surface area contributed by atoms with Crippen LogP contribution in [0.25, 0.3) is 0 Å². The molecule has 27 heavy (non-hydrogen) atoms. The summed E-state index contributed by atoms with van der Waals surface area (Å²) in [6, 6.07) is 10.1. The monoisotopic (exact) mass is 372 g/mol. The molecule has 2 aromatic carbocycles. The van der Waals surface area contributed by atoms with Crippen molar-refractivity contribution in [2.45, 2.75) is 0 Å². The molecule has 0 saturated carbocycles. The molecule has 0 unspecified atom stereocenters. The van der Waals surface area contributed by atoms with E-state index in [1.54, 1.807) is 18.2 Å². The predicted molar refractivity (Wildman–Crippen MR) is 95.8 cm³/mol. The molecule has 0 aliphatic rings. The van der Waals surface area contributed by atoms with Crippen LogP contribution in [0.2, 0.25) is 0 Å². The Morgan fingerprint density at radius 1 is 1.30 bits per heavy atom. The van der Waals surface area contributed by atoms with E-state index in [0.29, 0.717) is 16.9 Å². The maximum Gasteiger partial charge on any atom is 0.311 e. The number of hydrazone groups is 1. The normalized spacial score (nSPS) is 10.4. The average Bonchev–Trinajstić information content (AvgIpc) is 2.67. The number of hydrogen-bond donors (Lipinski definition) is 3. The van der Waals surface area contributed by atoms with Crippen LogP contribution in [0, 0.1) is 10.1 Å². The van der Waals surface area contributed by atoms with E-state index in [-0.39, 0.29) is 6.54 Å². The Morgan fingerprint density at radius 2 is 2.07 bits per heavy atom. The second-order valence-electron chi connectivity index (χ2n) is 5.21. The summed E-state index contributed by atoms with van der Waals surface area (Å²) < 4.78 is 5.02. The van der Waals surface area contributed by atoms with Gasteiger partial charge in [-0.3, -0.25) is 19.7 Å². The number of phenols is 1.